The fourth-order valence-corrected chi connectivity index (χ4v) is 4.93. The number of hydrogen-bond acceptors (Lipinski definition) is 10. The summed E-state index contributed by atoms with van der Waals surface area (Å²) < 4.78 is 46.3. The molecule has 1 aliphatic heterocycles. The maximum Gasteiger partial charge on any atom is 0.397 e. The lowest BCUT2D eigenvalue weighted by Gasteiger charge is -2.41. The van der Waals surface area contributed by atoms with Gasteiger partial charge in [0.25, 0.3) is 0 Å². The molecule has 0 aromatic heterocycles. The van der Waals surface area contributed by atoms with Gasteiger partial charge in [-0.3, -0.25) is 9.35 Å². The van der Waals surface area contributed by atoms with E-state index in [9.17, 15) is 33.6 Å². The summed E-state index contributed by atoms with van der Waals surface area (Å²) in [5.74, 6) is -0.442. The Hall–Kier alpha value is -1.16. The number of rotatable bonds is 21. The quantitative estimate of drug-likeness (QED) is 0.0655. The van der Waals surface area contributed by atoms with Gasteiger partial charge in [-0.15, -0.1) is 0 Å². The van der Waals surface area contributed by atoms with E-state index in [1.807, 2.05) is 6.08 Å². The second-order valence-electron chi connectivity index (χ2n) is 10.1. The first kappa shape index (κ1) is 35.9. The van der Waals surface area contributed by atoms with E-state index in [2.05, 4.69) is 16.4 Å². The lowest BCUT2D eigenvalue weighted by atomic mass is 9.99. The van der Waals surface area contributed by atoms with Crippen LogP contribution in [0, 0.1) is 0 Å². The highest BCUT2D eigenvalue weighted by Gasteiger charge is 2.48. The van der Waals surface area contributed by atoms with Crippen LogP contribution in [-0.4, -0.2) is 95.4 Å². The predicted octanol–water partition coefficient (Wildman–Crippen LogP) is 1.75. The number of aliphatic hydroxyl groups is 4. The molecule has 1 rings (SSSR count). The normalized spacial score (nSPS) is 25.6. The number of allylic oxidation sites excluding steroid dienone is 1. The third kappa shape index (κ3) is 15.4. The van der Waals surface area contributed by atoms with Crippen molar-refractivity contribution >= 4 is 16.3 Å². The van der Waals surface area contributed by atoms with Crippen LogP contribution in [0.3, 0.4) is 0 Å². The maximum absolute atomic E-state index is 11.6. The van der Waals surface area contributed by atoms with Gasteiger partial charge in [0.05, 0.1) is 25.4 Å². The van der Waals surface area contributed by atoms with Gasteiger partial charge in [0.15, 0.2) is 6.29 Å². The van der Waals surface area contributed by atoms with Crippen LogP contribution in [0.4, 0.5) is 0 Å². The van der Waals surface area contributed by atoms with E-state index in [-0.39, 0.29) is 6.61 Å². The van der Waals surface area contributed by atoms with E-state index in [1.54, 1.807) is 6.08 Å². The lowest BCUT2D eigenvalue weighted by Crippen LogP contribution is -2.61. The number of aliphatic hydroxyl groups excluding tert-OH is 4. The fourth-order valence-electron chi connectivity index (χ4n) is 4.43. The van der Waals surface area contributed by atoms with Crippen LogP contribution < -0.4 is 5.32 Å². The first-order valence-corrected chi connectivity index (χ1v) is 15.4. The third-order valence-electron chi connectivity index (χ3n) is 6.60. The molecule has 230 valence electrons. The van der Waals surface area contributed by atoms with Crippen LogP contribution >= 0.6 is 0 Å². The molecular formula is C26H49NO11S. The zero-order valence-electron chi connectivity index (χ0n) is 23.2. The van der Waals surface area contributed by atoms with E-state index in [0.29, 0.717) is 0 Å². The van der Waals surface area contributed by atoms with Crippen molar-refractivity contribution in [2.45, 2.75) is 134 Å². The fraction of sp³-hybridized carbons (Fsp3) is 0.885. The summed E-state index contributed by atoms with van der Waals surface area (Å²) in [5, 5.41) is 43.0. The van der Waals surface area contributed by atoms with E-state index >= 15 is 0 Å². The van der Waals surface area contributed by atoms with Crippen molar-refractivity contribution in [2.75, 3.05) is 13.2 Å². The highest BCUT2D eigenvalue weighted by Crippen LogP contribution is 2.25. The molecule has 0 saturated carbocycles. The second kappa shape index (κ2) is 19.8. The first-order valence-electron chi connectivity index (χ1n) is 14.0. The van der Waals surface area contributed by atoms with Crippen molar-refractivity contribution in [1.29, 1.82) is 0 Å². The van der Waals surface area contributed by atoms with Gasteiger partial charge in [0.2, 0.25) is 5.91 Å². The number of unbranched alkanes of at least 4 members (excludes halogenated alkanes) is 11. The molecule has 7 atom stereocenters. The molecule has 12 nitrogen and oxygen atoms in total. The van der Waals surface area contributed by atoms with Crippen molar-refractivity contribution in [3.8, 4) is 0 Å². The van der Waals surface area contributed by atoms with Gasteiger partial charge in [-0.1, -0.05) is 83.3 Å². The SMILES string of the molecule is CCCCCCCCCCCCC/C=C/[C@@H](O)[C@H](CO[C@@H]1O[C@H](CO)[C@H](O)[C@H](OS(=O)(=O)O)[C@H]1O)NC(C)=O. The molecule has 39 heavy (non-hydrogen) atoms. The first-order chi connectivity index (χ1) is 18.5. The summed E-state index contributed by atoms with van der Waals surface area (Å²) >= 11 is 0. The lowest BCUT2D eigenvalue weighted by molar-refractivity contribution is -0.298. The van der Waals surface area contributed by atoms with Gasteiger partial charge in [-0.05, 0) is 12.8 Å². The molecule has 0 radical (unpaired) electrons. The van der Waals surface area contributed by atoms with Crippen molar-refractivity contribution in [3.05, 3.63) is 12.2 Å². The van der Waals surface area contributed by atoms with Crippen LogP contribution in [0.2, 0.25) is 0 Å². The van der Waals surface area contributed by atoms with Gasteiger partial charge in [-0.2, -0.15) is 8.42 Å². The average molecular weight is 584 g/mol. The molecule has 0 aromatic carbocycles. The van der Waals surface area contributed by atoms with Crippen molar-refractivity contribution in [3.63, 3.8) is 0 Å². The minimum absolute atomic E-state index is 0.363. The summed E-state index contributed by atoms with van der Waals surface area (Å²) in [5.41, 5.74) is 0. The number of carbonyl (C=O) groups excluding carboxylic acids is 1. The molecule has 13 heteroatoms. The molecule has 1 amide bonds. The monoisotopic (exact) mass is 583 g/mol. The van der Waals surface area contributed by atoms with Crippen molar-refractivity contribution in [1.82, 2.24) is 5.32 Å². The van der Waals surface area contributed by atoms with Crippen LogP contribution in [0.25, 0.3) is 0 Å². The predicted molar refractivity (Wildman–Crippen MR) is 144 cm³/mol. The molecule has 0 bridgehead atoms. The zero-order valence-corrected chi connectivity index (χ0v) is 24.0. The van der Waals surface area contributed by atoms with E-state index in [1.165, 1.54) is 64.7 Å². The maximum atomic E-state index is 11.6. The number of nitrogens with one attached hydrogen (secondary N) is 1. The van der Waals surface area contributed by atoms with E-state index in [4.69, 9.17) is 14.0 Å². The number of ether oxygens (including phenoxy) is 2. The smallest absolute Gasteiger partial charge is 0.394 e. The highest BCUT2D eigenvalue weighted by molar-refractivity contribution is 7.80. The molecule has 0 unspecified atom stereocenters. The van der Waals surface area contributed by atoms with Crippen LogP contribution in [0.15, 0.2) is 12.2 Å². The Kier molecular flexibility index (Phi) is 18.2. The zero-order chi connectivity index (χ0) is 29.3. The van der Waals surface area contributed by atoms with Crippen molar-refractivity contribution < 1.29 is 51.8 Å². The third-order valence-corrected chi connectivity index (χ3v) is 7.07. The Balaban J connectivity index is 2.49. The Morgan fingerprint density at radius 1 is 1.00 bits per heavy atom. The van der Waals surface area contributed by atoms with Gasteiger partial charge < -0.3 is 35.2 Å². The number of hydrogen-bond donors (Lipinski definition) is 6. The minimum atomic E-state index is -5.05. The molecule has 1 fully saturated rings. The Morgan fingerprint density at radius 3 is 2.08 bits per heavy atom. The molecular weight excluding hydrogens is 534 g/mol. The molecule has 0 spiro atoms. The van der Waals surface area contributed by atoms with E-state index in [0.717, 1.165) is 19.3 Å². The van der Waals surface area contributed by atoms with Gasteiger partial charge in [0.1, 0.15) is 24.4 Å². The van der Waals surface area contributed by atoms with Crippen molar-refractivity contribution in [2.24, 2.45) is 0 Å². The summed E-state index contributed by atoms with van der Waals surface area (Å²) in [6.07, 6.45) is 8.05. The van der Waals surface area contributed by atoms with Crippen LogP contribution in [0.5, 0.6) is 0 Å². The number of carbonyl (C=O) groups is 1. The van der Waals surface area contributed by atoms with Crippen LogP contribution in [0.1, 0.15) is 90.9 Å². The van der Waals surface area contributed by atoms with Crippen LogP contribution in [-0.2, 0) is 28.9 Å². The molecule has 1 heterocycles. The Bertz CT molecular complexity index is 795. The summed E-state index contributed by atoms with van der Waals surface area (Å²) in [6.45, 7) is 2.35. The Morgan fingerprint density at radius 2 is 1.56 bits per heavy atom. The van der Waals surface area contributed by atoms with E-state index < -0.39 is 65.8 Å². The summed E-state index contributed by atoms with van der Waals surface area (Å²) in [6, 6.07) is -0.938. The second-order valence-corrected chi connectivity index (χ2v) is 11.1. The minimum Gasteiger partial charge on any atom is -0.394 e. The molecule has 0 aromatic rings. The van der Waals surface area contributed by atoms with Gasteiger partial charge >= 0.3 is 10.4 Å². The standard InChI is InChI=1S/C26H49NO11S/c1-3-4-5-6-7-8-9-10-11-12-13-14-15-16-21(30)20(27-19(2)29)18-36-26-24(32)25(38-39(33,34)35)23(31)22(17-28)37-26/h15-16,20-26,28,30-32H,3-14,17-18H2,1-2H3,(H,27,29)(H,33,34,35)/b16-15+/t20-,21+,22+,23-,24+,25-,26+/m0/s1. The number of amides is 1. The summed E-state index contributed by atoms with van der Waals surface area (Å²) in [7, 11) is -5.05. The largest absolute Gasteiger partial charge is 0.397 e. The molecule has 0 aliphatic carbocycles. The van der Waals surface area contributed by atoms with Gasteiger partial charge in [0, 0.05) is 6.92 Å². The Labute approximate surface area is 232 Å². The summed E-state index contributed by atoms with van der Waals surface area (Å²) in [4.78, 5) is 11.6. The van der Waals surface area contributed by atoms with Gasteiger partial charge in [-0.25, -0.2) is 4.18 Å². The molecule has 1 aliphatic rings. The average Bonchev–Trinajstić information content (AvgIpc) is 2.87. The topological polar surface area (TPSA) is 192 Å². The highest BCUT2D eigenvalue weighted by atomic mass is 32.3. The molecule has 6 N–H and O–H groups in total. The molecule has 1 saturated heterocycles.